The lowest BCUT2D eigenvalue weighted by atomic mass is 10.2. The Kier molecular flexibility index (Phi) is 3.33. The number of nitrogens with one attached hydrogen (secondary N) is 1. The molecule has 8 heteroatoms. The molecule has 0 aliphatic rings. The van der Waals surface area contributed by atoms with Gasteiger partial charge in [0.2, 0.25) is 6.39 Å². The van der Waals surface area contributed by atoms with Crippen LogP contribution in [0.15, 0.2) is 10.9 Å². The van der Waals surface area contributed by atoms with Gasteiger partial charge in [0.1, 0.15) is 10.6 Å². The first-order chi connectivity index (χ1) is 8.18. The first-order valence-corrected chi connectivity index (χ1v) is 5.64. The zero-order valence-electron chi connectivity index (χ0n) is 9.01. The number of hydrogen-bond donors (Lipinski definition) is 2. The van der Waals surface area contributed by atoms with Gasteiger partial charge >= 0.3 is 5.97 Å². The largest absolute Gasteiger partial charge is 0.478 e. The molecule has 90 valence electrons. The SMILES string of the molecule is Cc1nsc(NCCc2ncon2)c1C(=O)O. The molecule has 0 aromatic carbocycles. The fourth-order valence-electron chi connectivity index (χ4n) is 1.33. The summed E-state index contributed by atoms with van der Waals surface area (Å²) in [6, 6.07) is 0. The molecule has 2 aromatic rings. The van der Waals surface area contributed by atoms with E-state index in [4.69, 9.17) is 5.11 Å². The predicted molar refractivity (Wildman–Crippen MR) is 60.3 cm³/mol. The Labute approximate surface area is 101 Å². The maximum Gasteiger partial charge on any atom is 0.340 e. The van der Waals surface area contributed by atoms with E-state index < -0.39 is 5.97 Å². The maximum absolute atomic E-state index is 11.0. The van der Waals surface area contributed by atoms with Crippen molar-refractivity contribution in [2.24, 2.45) is 0 Å². The molecule has 0 unspecified atom stereocenters. The van der Waals surface area contributed by atoms with Crippen molar-refractivity contribution in [2.75, 3.05) is 11.9 Å². The van der Waals surface area contributed by atoms with Gasteiger partial charge in [-0.3, -0.25) is 0 Å². The summed E-state index contributed by atoms with van der Waals surface area (Å²) in [5.41, 5.74) is 0.743. The fourth-order valence-corrected chi connectivity index (χ4v) is 2.15. The summed E-state index contributed by atoms with van der Waals surface area (Å²) >= 11 is 1.14. The highest BCUT2D eigenvalue weighted by atomic mass is 32.1. The molecular weight excluding hydrogens is 244 g/mol. The Balaban J connectivity index is 1.97. The summed E-state index contributed by atoms with van der Waals surface area (Å²) in [5.74, 6) is -0.395. The van der Waals surface area contributed by atoms with E-state index in [1.165, 1.54) is 6.39 Å². The normalized spacial score (nSPS) is 10.4. The maximum atomic E-state index is 11.0. The standard InChI is InChI=1S/C9H10N4O3S/c1-5-7(9(14)15)8(17-13-5)10-3-2-6-11-4-16-12-6/h4,10H,2-3H2,1H3,(H,14,15). The van der Waals surface area contributed by atoms with Crippen molar-refractivity contribution in [3.63, 3.8) is 0 Å². The number of carbonyl (C=O) groups is 1. The molecule has 2 aromatic heterocycles. The zero-order chi connectivity index (χ0) is 12.3. The van der Waals surface area contributed by atoms with Crippen LogP contribution in [0.25, 0.3) is 0 Å². The first kappa shape index (κ1) is 11.5. The van der Waals surface area contributed by atoms with Crippen LogP contribution in [0.2, 0.25) is 0 Å². The minimum Gasteiger partial charge on any atom is -0.478 e. The number of aromatic nitrogens is 3. The van der Waals surface area contributed by atoms with Gasteiger partial charge < -0.3 is 14.9 Å². The van der Waals surface area contributed by atoms with Crippen LogP contribution in [0.5, 0.6) is 0 Å². The van der Waals surface area contributed by atoms with E-state index in [9.17, 15) is 4.79 Å². The highest BCUT2D eigenvalue weighted by molar-refractivity contribution is 7.10. The summed E-state index contributed by atoms with van der Waals surface area (Å²) in [6.45, 7) is 2.20. The second-order valence-electron chi connectivity index (χ2n) is 3.30. The molecule has 0 aliphatic carbocycles. The van der Waals surface area contributed by atoms with Crippen LogP contribution in [0.1, 0.15) is 21.9 Å². The van der Waals surface area contributed by atoms with Crippen molar-refractivity contribution in [3.8, 4) is 0 Å². The van der Waals surface area contributed by atoms with Crippen molar-refractivity contribution in [1.82, 2.24) is 14.5 Å². The van der Waals surface area contributed by atoms with Crippen molar-refractivity contribution >= 4 is 22.5 Å². The molecule has 2 N–H and O–H groups in total. The van der Waals surface area contributed by atoms with Gasteiger partial charge in [0, 0.05) is 13.0 Å². The van der Waals surface area contributed by atoms with Crippen molar-refractivity contribution in [3.05, 3.63) is 23.5 Å². The number of carboxylic acid groups (broad SMARTS) is 1. The number of aromatic carboxylic acids is 1. The Hall–Kier alpha value is -1.96. The molecule has 0 saturated carbocycles. The lowest BCUT2D eigenvalue weighted by Gasteiger charge is -2.02. The summed E-state index contributed by atoms with van der Waals surface area (Å²) in [6.07, 6.45) is 1.82. The van der Waals surface area contributed by atoms with Crippen LogP contribution in [-0.4, -0.2) is 32.1 Å². The Morgan fingerprint density at radius 3 is 3.12 bits per heavy atom. The van der Waals surface area contributed by atoms with E-state index in [1.807, 2.05) is 0 Å². The summed E-state index contributed by atoms with van der Waals surface area (Å²) in [7, 11) is 0. The van der Waals surface area contributed by atoms with Gasteiger partial charge in [-0.1, -0.05) is 5.16 Å². The monoisotopic (exact) mass is 254 g/mol. The van der Waals surface area contributed by atoms with E-state index in [0.29, 0.717) is 29.5 Å². The van der Waals surface area contributed by atoms with Gasteiger partial charge in [-0.15, -0.1) is 0 Å². The molecule has 7 nitrogen and oxygen atoms in total. The van der Waals surface area contributed by atoms with Gasteiger partial charge in [-0.2, -0.15) is 9.36 Å². The van der Waals surface area contributed by atoms with E-state index >= 15 is 0 Å². The number of carboxylic acids is 1. The number of rotatable bonds is 5. The molecule has 0 atom stereocenters. The van der Waals surface area contributed by atoms with Crippen LogP contribution >= 0.6 is 11.5 Å². The van der Waals surface area contributed by atoms with Crippen molar-refractivity contribution < 1.29 is 14.4 Å². The third kappa shape index (κ3) is 2.59. The van der Waals surface area contributed by atoms with Crippen molar-refractivity contribution in [2.45, 2.75) is 13.3 Å². The third-order valence-electron chi connectivity index (χ3n) is 2.12. The zero-order valence-corrected chi connectivity index (χ0v) is 9.82. The van der Waals surface area contributed by atoms with Gasteiger partial charge in [0.05, 0.1) is 5.69 Å². The summed E-state index contributed by atoms with van der Waals surface area (Å²) in [4.78, 5) is 14.8. The van der Waals surface area contributed by atoms with Gasteiger partial charge in [-0.05, 0) is 18.5 Å². The third-order valence-corrected chi connectivity index (χ3v) is 3.01. The average molecular weight is 254 g/mol. The lowest BCUT2D eigenvalue weighted by Crippen LogP contribution is -2.08. The lowest BCUT2D eigenvalue weighted by molar-refractivity contribution is 0.0697. The van der Waals surface area contributed by atoms with E-state index in [0.717, 1.165) is 11.5 Å². The van der Waals surface area contributed by atoms with Gasteiger partial charge in [0.25, 0.3) is 0 Å². The van der Waals surface area contributed by atoms with Crippen LogP contribution < -0.4 is 5.32 Å². The molecular formula is C9H10N4O3S. The second-order valence-corrected chi connectivity index (χ2v) is 4.07. The van der Waals surface area contributed by atoms with Gasteiger partial charge in [-0.25, -0.2) is 4.79 Å². The molecule has 0 spiro atoms. The number of anilines is 1. The fraction of sp³-hybridized carbons (Fsp3) is 0.333. The predicted octanol–water partition coefficient (Wildman–Crippen LogP) is 1.19. The quantitative estimate of drug-likeness (QED) is 0.826. The topological polar surface area (TPSA) is 101 Å². The van der Waals surface area contributed by atoms with Gasteiger partial charge in [0.15, 0.2) is 5.82 Å². The molecule has 0 fully saturated rings. The average Bonchev–Trinajstić information content (AvgIpc) is 2.88. The number of nitrogens with zero attached hydrogens (tertiary/aromatic N) is 3. The Morgan fingerprint density at radius 1 is 1.65 bits per heavy atom. The molecule has 0 aliphatic heterocycles. The summed E-state index contributed by atoms with van der Waals surface area (Å²) in [5, 5.41) is 16.2. The van der Waals surface area contributed by atoms with Crippen LogP contribution in [0.4, 0.5) is 5.00 Å². The number of hydrogen-bond acceptors (Lipinski definition) is 7. The van der Waals surface area contributed by atoms with Crippen LogP contribution in [0.3, 0.4) is 0 Å². The highest BCUT2D eigenvalue weighted by Crippen LogP contribution is 2.24. The molecule has 17 heavy (non-hydrogen) atoms. The molecule has 2 rings (SSSR count). The molecule has 0 saturated heterocycles. The minimum absolute atomic E-state index is 0.225. The summed E-state index contributed by atoms with van der Waals surface area (Å²) < 4.78 is 8.59. The minimum atomic E-state index is -0.974. The van der Waals surface area contributed by atoms with E-state index in [1.54, 1.807) is 6.92 Å². The molecule has 0 radical (unpaired) electrons. The molecule has 2 heterocycles. The second kappa shape index (κ2) is 4.91. The van der Waals surface area contributed by atoms with Crippen molar-refractivity contribution in [1.29, 1.82) is 0 Å². The highest BCUT2D eigenvalue weighted by Gasteiger charge is 2.16. The molecule has 0 amide bonds. The Morgan fingerprint density at radius 2 is 2.47 bits per heavy atom. The number of aryl methyl sites for hydroxylation is 1. The van der Waals surface area contributed by atoms with E-state index in [-0.39, 0.29) is 5.56 Å². The smallest absolute Gasteiger partial charge is 0.340 e. The first-order valence-electron chi connectivity index (χ1n) is 4.87. The Bertz CT molecular complexity index is 508. The van der Waals surface area contributed by atoms with Crippen LogP contribution in [-0.2, 0) is 6.42 Å². The van der Waals surface area contributed by atoms with E-state index in [2.05, 4.69) is 24.4 Å². The van der Waals surface area contributed by atoms with Crippen LogP contribution in [0, 0.1) is 6.92 Å². The molecule has 0 bridgehead atoms.